The van der Waals surface area contributed by atoms with Gasteiger partial charge in [-0.15, -0.1) is 0 Å². The first-order chi connectivity index (χ1) is 9.15. The predicted molar refractivity (Wildman–Crippen MR) is 76.1 cm³/mol. The zero-order valence-electron chi connectivity index (χ0n) is 11.0. The summed E-state index contributed by atoms with van der Waals surface area (Å²) in [7, 11) is -3.15. The number of sulfonamides is 1. The van der Waals surface area contributed by atoms with Gasteiger partial charge in [0, 0.05) is 13.1 Å². The zero-order valence-corrected chi connectivity index (χ0v) is 11.8. The normalized spacial score (nSPS) is 20.6. The molecule has 1 aliphatic heterocycles. The molecule has 0 radical (unpaired) electrons. The number of hydrogen-bond donors (Lipinski definition) is 0. The molecule has 1 saturated carbocycles. The third kappa shape index (κ3) is 3.07. The number of nitrogens with zero attached hydrogens (tertiary/aromatic N) is 1. The Labute approximate surface area is 115 Å². The van der Waals surface area contributed by atoms with Gasteiger partial charge in [0.25, 0.3) is 0 Å². The van der Waals surface area contributed by atoms with Crippen LogP contribution in [0.4, 0.5) is 0 Å². The standard InChI is InChI=1S/C15H19NO2S/c17-19(18,12-13-4-2-1-3-5-13)16-10-8-15(9-11-16)14-6-7-14/h1-5H,6-12H2. The first-order valence-electron chi connectivity index (χ1n) is 6.87. The predicted octanol–water partition coefficient (Wildman–Crippen LogP) is 2.70. The second-order valence-electron chi connectivity index (χ2n) is 5.35. The summed E-state index contributed by atoms with van der Waals surface area (Å²) in [6.07, 6.45) is 4.35. The minimum Gasteiger partial charge on any atom is -0.212 e. The first kappa shape index (κ1) is 12.9. The van der Waals surface area contributed by atoms with E-state index in [0.29, 0.717) is 13.1 Å². The van der Waals surface area contributed by atoms with Crippen molar-refractivity contribution in [3.8, 4) is 0 Å². The van der Waals surface area contributed by atoms with Crippen LogP contribution in [0.2, 0.25) is 0 Å². The quantitative estimate of drug-likeness (QED) is 0.797. The molecule has 1 aromatic carbocycles. The van der Waals surface area contributed by atoms with E-state index < -0.39 is 10.0 Å². The van der Waals surface area contributed by atoms with Crippen LogP contribution in [-0.4, -0.2) is 25.8 Å². The highest BCUT2D eigenvalue weighted by Gasteiger charge is 2.28. The first-order valence-corrected chi connectivity index (χ1v) is 8.47. The van der Waals surface area contributed by atoms with Crippen LogP contribution >= 0.6 is 0 Å². The molecule has 102 valence electrons. The molecule has 0 N–H and O–H groups in total. The molecule has 3 rings (SSSR count). The smallest absolute Gasteiger partial charge is 0.212 e. The lowest BCUT2D eigenvalue weighted by Crippen LogP contribution is -2.37. The molecule has 0 aromatic heterocycles. The minimum atomic E-state index is -3.15. The summed E-state index contributed by atoms with van der Waals surface area (Å²) >= 11 is 0. The van der Waals surface area contributed by atoms with Gasteiger partial charge >= 0.3 is 0 Å². The lowest BCUT2D eigenvalue weighted by atomic mass is 10.1. The monoisotopic (exact) mass is 277 g/mol. The van der Waals surface area contributed by atoms with Gasteiger partial charge in [-0.2, -0.15) is 0 Å². The number of rotatable bonds is 3. The molecular formula is C15H19NO2S. The Balaban J connectivity index is 1.66. The van der Waals surface area contributed by atoms with Crippen molar-refractivity contribution >= 4 is 10.0 Å². The van der Waals surface area contributed by atoms with Gasteiger partial charge in [0.05, 0.1) is 5.75 Å². The summed E-state index contributed by atoms with van der Waals surface area (Å²) in [6.45, 7) is 1.32. The number of benzene rings is 1. The van der Waals surface area contributed by atoms with Crippen LogP contribution in [0.1, 0.15) is 31.2 Å². The van der Waals surface area contributed by atoms with E-state index in [2.05, 4.69) is 0 Å². The molecule has 1 saturated heterocycles. The van der Waals surface area contributed by atoms with Crippen molar-refractivity contribution in [2.45, 2.75) is 31.4 Å². The fourth-order valence-electron chi connectivity index (χ4n) is 2.68. The molecular weight excluding hydrogens is 258 g/mol. The molecule has 0 atom stereocenters. The summed E-state index contributed by atoms with van der Waals surface area (Å²) in [5, 5.41) is 0. The maximum absolute atomic E-state index is 12.4. The van der Waals surface area contributed by atoms with Crippen molar-refractivity contribution in [3.63, 3.8) is 0 Å². The fourth-order valence-corrected chi connectivity index (χ4v) is 4.22. The molecule has 1 aliphatic carbocycles. The van der Waals surface area contributed by atoms with Crippen LogP contribution in [0.15, 0.2) is 41.5 Å². The van der Waals surface area contributed by atoms with Crippen LogP contribution in [0.25, 0.3) is 0 Å². The topological polar surface area (TPSA) is 37.4 Å². The van der Waals surface area contributed by atoms with Crippen LogP contribution in [-0.2, 0) is 15.8 Å². The van der Waals surface area contributed by atoms with Gasteiger partial charge in [-0.05, 0) is 31.2 Å². The third-order valence-electron chi connectivity index (χ3n) is 3.91. The highest BCUT2D eigenvalue weighted by molar-refractivity contribution is 7.88. The number of hydrogen-bond acceptors (Lipinski definition) is 2. The van der Waals surface area contributed by atoms with Crippen LogP contribution in [0.5, 0.6) is 0 Å². The van der Waals surface area contributed by atoms with E-state index in [1.54, 1.807) is 9.88 Å². The van der Waals surface area contributed by atoms with E-state index in [0.717, 1.165) is 18.4 Å². The third-order valence-corrected chi connectivity index (χ3v) is 5.76. The summed E-state index contributed by atoms with van der Waals surface area (Å²) < 4.78 is 26.4. The van der Waals surface area contributed by atoms with Gasteiger partial charge in [-0.1, -0.05) is 41.5 Å². The Hall–Kier alpha value is -1.13. The molecule has 19 heavy (non-hydrogen) atoms. The van der Waals surface area contributed by atoms with Gasteiger partial charge in [0.15, 0.2) is 0 Å². The van der Waals surface area contributed by atoms with Crippen molar-refractivity contribution in [2.75, 3.05) is 13.1 Å². The molecule has 0 unspecified atom stereocenters. The van der Waals surface area contributed by atoms with Gasteiger partial charge in [-0.25, -0.2) is 12.7 Å². The Morgan fingerprint density at radius 1 is 0.895 bits per heavy atom. The highest BCUT2D eigenvalue weighted by atomic mass is 32.2. The van der Waals surface area contributed by atoms with E-state index in [-0.39, 0.29) is 5.75 Å². The Kier molecular flexibility index (Phi) is 3.46. The van der Waals surface area contributed by atoms with Crippen molar-refractivity contribution in [3.05, 3.63) is 47.0 Å². The van der Waals surface area contributed by atoms with E-state index in [1.165, 1.54) is 18.4 Å². The average Bonchev–Trinajstić information content (AvgIpc) is 3.24. The largest absolute Gasteiger partial charge is 0.218 e. The van der Waals surface area contributed by atoms with Crippen molar-refractivity contribution in [1.82, 2.24) is 4.31 Å². The summed E-state index contributed by atoms with van der Waals surface area (Å²) in [5.41, 5.74) is 3.97. The van der Waals surface area contributed by atoms with E-state index in [1.807, 2.05) is 30.3 Å². The second kappa shape index (κ2) is 5.10. The van der Waals surface area contributed by atoms with Crippen molar-refractivity contribution < 1.29 is 8.42 Å². The summed E-state index contributed by atoms with van der Waals surface area (Å²) in [4.78, 5) is 0. The molecule has 0 bridgehead atoms. The van der Waals surface area contributed by atoms with Crippen LogP contribution < -0.4 is 0 Å². The second-order valence-corrected chi connectivity index (χ2v) is 7.32. The van der Waals surface area contributed by atoms with Gasteiger partial charge < -0.3 is 0 Å². The molecule has 3 nitrogen and oxygen atoms in total. The Morgan fingerprint density at radius 2 is 1.47 bits per heavy atom. The maximum Gasteiger partial charge on any atom is 0.218 e. The lowest BCUT2D eigenvalue weighted by Gasteiger charge is -2.27. The van der Waals surface area contributed by atoms with Gasteiger partial charge in [-0.3, -0.25) is 0 Å². The summed E-state index contributed by atoms with van der Waals surface area (Å²) in [5.74, 6) is 0.125. The van der Waals surface area contributed by atoms with Gasteiger partial charge in [0.1, 0.15) is 0 Å². The maximum atomic E-state index is 12.4. The SMILES string of the molecule is O=S(=O)(Cc1ccccc1)N1CCC(=C2CC2)CC1. The zero-order chi connectivity index (χ0) is 13.3. The van der Waals surface area contributed by atoms with E-state index in [4.69, 9.17) is 0 Å². The lowest BCUT2D eigenvalue weighted by molar-refractivity contribution is 0.385. The number of allylic oxidation sites excluding steroid dienone is 1. The van der Waals surface area contributed by atoms with E-state index in [9.17, 15) is 8.42 Å². The molecule has 0 amide bonds. The Morgan fingerprint density at radius 3 is 2.05 bits per heavy atom. The van der Waals surface area contributed by atoms with E-state index >= 15 is 0 Å². The molecule has 1 heterocycles. The Bertz CT molecular complexity index is 574. The van der Waals surface area contributed by atoms with Gasteiger partial charge in [0.2, 0.25) is 10.0 Å². The average molecular weight is 277 g/mol. The highest BCUT2D eigenvalue weighted by Crippen LogP contribution is 2.36. The number of piperidine rings is 1. The molecule has 0 spiro atoms. The van der Waals surface area contributed by atoms with Crippen molar-refractivity contribution in [2.24, 2.45) is 0 Å². The van der Waals surface area contributed by atoms with Crippen LogP contribution in [0, 0.1) is 0 Å². The summed E-state index contributed by atoms with van der Waals surface area (Å²) in [6, 6.07) is 9.43. The van der Waals surface area contributed by atoms with Crippen LogP contribution in [0.3, 0.4) is 0 Å². The molecule has 1 aromatic rings. The fraction of sp³-hybridized carbons (Fsp3) is 0.467. The minimum absolute atomic E-state index is 0.125. The molecule has 2 fully saturated rings. The molecule has 2 aliphatic rings. The molecule has 4 heteroatoms. The van der Waals surface area contributed by atoms with Crippen molar-refractivity contribution in [1.29, 1.82) is 0 Å².